The lowest BCUT2D eigenvalue weighted by Crippen LogP contribution is -2.29. The molecule has 6 nitrogen and oxygen atoms in total. The molecule has 1 fully saturated rings. The van der Waals surface area contributed by atoms with Crippen molar-refractivity contribution in [3.05, 3.63) is 54.2 Å². The summed E-state index contributed by atoms with van der Waals surface area (Å²) in [6.07, 6.45) is 3.06. The van der Waals surface area contributed by atoms with Crippen LogP contribution in [0.3, 0.4) is 0 Å². The molecule has 4 rings (SSSR count). The van der Waals surface area contributed by atoms with E-state index in [2.05, 4.69) is 57.9 Å². The van der Waals surface area contributed by atoms with Crippen LogP contribution in [0.2, 0.25) is 0 Å². The van der Waals surface area contributed by atoms with Crippen molar-refractivity contribution in [1.29, 1.82) is 0 Å². The molecule has 30 heavy (non-hydrogen) atoms. The van der Waals surface area contributed by atoms with Gasteiger partial charge in [-0.25, -0.2) is 4.98 Å². The maximum absolute atomic E-state index is 9.06. The van der Waals surface area contributed by atoms with Gasteiger partial charge in [0.1, 0.15) is 11.6 Å². The summed E-state index contributed by atoms with van der Waals surface area (Å²) in [7, 11) is 0. The summed E-state index contributed by atoms with van der Waals surface area (Å²) in [4.78, 5) is 6.94. The highest BCUT2D eigenvalue weighted by Gasteiger charge is 2.37. The minimum atomic E-state index is 0.157. The van der Waals surface area contributed by atoms with Crippen molar-refractivity contribution in [1.82, 2.24) is 15.2 Å². The van der Waals surface area contributed by atoms with Crippen molar-refractivity contribution in [2.24, 2.45) is 5.41 Å². The predicted octanol–water partition coefficient (Wildman–Crippen LogP) is 5.40. The monoisotopic (exact) mass is 423 g/mol. The standard InChI is InChI=1S/C23H29N5OS/c1-23(2)14-16(15-23)19-13-22(28-27-19)26-21-12-18(30-17-7-4-3-5-8-17)11-20(25-21)24-9-6-10-29/h3-5,7-8,11-13,16,29H,6,9-10,14-15H2,1-2H3,(H3,24,25,26,27,28). The molecule has 0 bridgehead atoms. The summed E-state index contributed by atoms with van der Waals surface area (Å²) in [5, 5.41) is 23.3. The molecule has 0 unspecified atom stereocenters. The van der Waals surface area contributed by atoms with Crippen LogP contribution in [-0.2, 0) is 0 Å². The molecule has 0 aliphatic heterocycles. The minimum absolute atomic E-state index is 0.157. The van der Waals surface area contributed by atoms with Crippen LogP contribution >= 0.6 is 11.8 Å². The number of nitrogens with one attached hydrogen (secondary N) is 3. The van der Waals surface area contributed by atoms with Gasteiger partial charge in [0.25, 0.3) is 0 Å². The van der Waals surface area contributed by atoms with Crippen molar-refractivity contribution < 1.29 is 5.11 Å². The summed E-state index contributed by atoms with van der Waals surface area (Å²) >= 11 is 1.69. The van der Waals surface area contributed by atoms with E-state index in [4.69, 9.17) is 5.11 Å². The molecule has 1 aliphatic carbocycles. The Bertz CT molecular complexity index is 965. The first-order valence-electron chi connectivity index (χ1n) is 10.4. The number of aromatic nitrogens is 3. The van der Waals surface area contributed by atoms with Gasteiger partial charge in [-0.05, 0) is 48.9 Å². The first kappa shape index (κ1) is 20.8. The van der Waals surface area contributed by atoms with Gasteiger partial charge < -0.3 is 15.7 Å². The Morgan fingerprint density at radius 1 is 1.07 bits per heavy atom. The van der Waals surface area contributed by atoms with Crippen LogP contribution in [0, 0.1) is 5.41 Å². The molecule has 1 saturated carbocycles. The van der Waals surface area contributed by atoms with Gasteiger partial charge in [0.2, 0.25) is 0 Å². The highest BCUT2D eigenvalue weighted by atomic mass is 32.2. The van der Waals surface area contributed by atoms with Crippen molar-refractivity contribution >= 4 is 29.2 Å². The van der Waals surface area contributed by atoms with E-state index in [1.54, 1.807) is 11.8 Å². The zero-order valence-electron chi connectivity index (χ0n) is 17.5. The van der Waals surface area contributed by atoms with Crippen molar-refractivity contribution in [3.8, 4) is 0 Å². The highest BCUT2D eigenvalue weighted by molar-refractivity contribution is 7.99. The molecule has 0 spiro atoms. The summed E-state index contributed by atoms with van der Waals surface area (Å²) < 4.78 is 0. The van der Waals surface area contributed by atoms with E-state index in [-0.39, 0.29) is 6.61 Å². The topological polar surface area (TPSA) is 85.9 Å². The zero-order chi connectivity index (χ0) is 21.0. The third-order valence-electron chi connectivity index (χ3n) is 5.31. The molecular weight excluding hydrogens is 394 g/mol. The van der Waals surface area contributed by atoms with Gasteiger partial charge in [0.05, 0.1) is 0 Å². The fraction of sp³-hybridized carbons (Fsp3) is 0.391. The summed E-state index contributed by atoms with van der Waals surface area (Å²) in [6, 6.07) is 16.4. The number of anilines is 3. The number of aliphatic hydroxyl groups is 1. The number of nitrogens with zero attached hydrogens (tertiary/aromatic N) is 2. The number of hydrogen-bond acceptors (Lipinski definition) is 6. The third kappa shape index (κ3) is 5.34. The lowest BCUT2D eigenvalue weighted by atomic mass is 9.63. The Labute approximate surface area is 181 Å². The van der Waals surface area contributed by atoms with Crippen molar-refractivity contribution in [3.63, 3.8) is 0 Å². The van der Waals surface area contributed by atoms with Gasteiger partial charge in [-0.15, -0.1) is 0 Å². The fourth-order valence-corrected chi connectivity index (χ4v) is 4.78. The number of H-pyrrole nitrogens is 1. The summed E-state index contributed by atoms with van der Waals surface area (Å²) in [6.45, 7) is 5.45. The molecule has 2 heterocycles. The number of benzene rings is 1. The second-order valence-corrected chi connectivity index (χ2v) is 9.74. The number of aliphatic hydroxyl groups excluding tert-OH is 1. The Kier molecular flexibility index (Phi) is 6.29. The van der Waals surface area contributed by atoms with Crippen LogP contribution in [-0.4, -0.2) is 33.4 Å². The molecular formula is C23H29N5OS. The van der Waals surface area contributed by atoms with E-state index < -0.39 is 0 Å². The van der Waals surface area contributed by atoms with Gasteiger partial charge in [-0.2, -0.15) is 5.10 Å². The number of aromatic amines is 1. The van der Waals surface area contributed by atoms with Gasteiger partial charge in [0, 0.05) is 40.6 Å². The van der Waals surface area contributed by atoms with Crippen LogP contribution < -0.4 is 10.6 Å². The quantitative estimate of drug-likeness (QED) is 0.345. The largest absolute Gasteiger partial charge is 0.396 e. The molecule has 4 N–H and O–H groups in total. The van der Waals surface area contributed by atoms with E-state index in [0.29, 0.717) is 24.3 Å². The fourth-order valence-electron chi connectivity index (χ4n) is 3.87. The van der Waals surface area contributed by atoms with Crippen LogP contribution in [0.25, 0.3) is 0 Å². The molecule has 158 valence electrons. The molecule has 1 aromatic carbocycles. The average Bonchev–Trinajstić information content (AvgIpc) is 3.15. The SMILES string of the molecule is CC1(C)CC(c2cc(Nc3cc(Sc4ccccc4)cc(NCCCO)n3)n[nH]2)C1. The molecule has 0 saturated heterocycles. The Hall–Kier alpha value is -2.51. The number of rotatable bonds is 9. The van der Waals surface area contributed by atoms with Gasteiger partial charge in [0.15, 0.2) is 5.82 Å². The molecule has 7 heteroatoms. The van der Waals surface area contributed by atoms with Crippen LogP contribution in [0.4, 0.5) is 17.5 Å². The predicted molar refractivity (Wildman–Crippen MR) is 123 cm³/mol. The Morgan fingerprint density at radius 3 is 2.57 bits per heavy atom. The van der Waals surface area contributed by atoms with E-state index in [9.17, 15) is 0 Å². The third-order valence-corrected chi connectivity index (χ3v) is 6.29. The minimum Gasteiger partial charge on any atom is -0.396 e. The van der Waals surface area contributed by atoms with Gasteiger partial charge in [-0.1, -0.05) is 43.8 Å². The zero-order valence-corrected chi connectivity index (χ0v) is 18.3. The molecule has 3 aromatic rings. The van der Waals surface area contributed by atoms with E-state index in [1.807, 2.05) is 30.3 Å². The second-order valence-electron chi connectivity index (χ2n) is 8.60. The van der Waals surface area contributed by atoms with Crippen LogP contribution in [0.5, 0.6) is 0 Å². The van der Waals surface area contributed by atoms with E-state index in [1.165, 1.54) is 23.4 Å². The summed E-state index contributed by atoms with van der Waals surface area (Å²) in [5.41, 5.74) is 1.62. The van der Waals surface area contributed by atoms with Crippen LogP contribution in [0.1, 0.15) is 44.7 Å². The Balaban J connectivity index is 1.50. The molecule has 0 atom stereocenters. The van der Waals surface area contributed by atoms with Gasteiger partial charge >= 0.3 is 0 Å². The first-order chi connectivity index (χ1) is 14.5. The smallest absolute Gasteiger partial charge is 0.153 e. The molecule has 0 radical (unpaired) electrons. The molecule has 1 aliphatic rings. The lowest BCUT2D eigenvalue weighted by Gasteiger charge is -2.42. The maximum atomic E-state index is 9.06. The number of hydrogen-bond donors (Lipinski definition) is 4. The van der Waals surface area contributed by atoms with E-state index in [0.717, 1.165) is 22.3 Å². The molecule has 2 aromatic heterocycles. The van der Waals surface area contributed by atoms with E-state index >= 15 is 0 Å². The second kappa shape index (κ2) is 9.10. The highest BCUT2D eigenvalue weighted by Crippen LogP contribution is 2.50. The van der Waals surface area contributed by atoms with Crippen LogP contribution in [0.15, 0.2) is 58.3 Å². The first-order valence-corrected chi connectivity index (χ1v) is 11.2. The number of pyridine rings is 1. The van der Waals surface area contributed by atoms with Crippen molar-refractivity contribution in [2.75, 3.05) is 23.8 Å². The average molecular weight is 424 g/mol. The lowest BCUT2D eigenvalue weighted by molar-refractivity contribution is 0.148. The maximum Gasteiger partial charge on any atom is 0.153 e. The normalized spacial score (nSPS) is 15.6. The summed E-state index contributed by atoms with van der Waals surface area (Å²) in [5.74, 6) is 2.87. The van der Waals surface area contributed by atoms with Crippen molar-refractivity contribution in [2.45, 2.75) is 48.8 Å². The molecule has 0 amide bonds. The Morgan fingerprint density at radius 2 is 1.83 bits per heavy atom. The van der Waals surface area contributed by atoms with Gasteiger partial charge in [-0.3, -0.25) is 5.10 Å².